The van der Waals surface area contributed by atoms with Crippen LogP contribution in [0.3, 0.4) is 0 Å². The van der Waals surface area contributed by atoms with E-state index in [1.54, 1.807) is 23.7 Å². The fraction of sp³-hybridized carbons (Fsp3) is 0.531. The van der Waals surface area contributed by atoms with Gasteiger partial charge >= 0.3 is 0 Å². The second kappa shape index (κ2) is 14.9. The first-order valence-corrected chi connectivity index (χ1v) is 20.5. The van der Waals surface area contributed by atoms with Crippen LogP contribution in [0.25, 0.3) is 11.0 Å². The Balaban J connectivity index is 1.16. The molecule has 0 aromatic carbocycles. The van der Waals surface area contributed by atoms with Crippen molar-refractivity contribution >= 4 is 52.8 Å². The number of anilines is 4. The summed E-state index contributed by atoms with van der Waals surface area (Å²) >= 11 is 1.66. The zero-order valence-corrected chi connectivity index (χ0v) is 28.4. The van der Waals surface area contributed by atoms with E-state index >= 15 is 0 Å². The molecule has 0 radical (unpaired) electrons. The number of nitrogens with zero attached hydrogens (tertiary/aromatic N) is 7. The molecule has 240 valence electrons. The molecule has 2 aliphatic rings. The van der Waals surface area contributed by atoms with Gasteiger partial charge in [0.2, 0.25) is 5.13 Å². The first kappa shape index (κ1) is 31.7. The van der Waals surface area contributed by atoms with Crippen LogP contribution < -0.4 is 15.0 Å². The van der Waals surface area contributed by atoms with Crippen molar-refractivity contribution < 1.29 is 14.2 Å². The highest BCUT2D eigenvalue weighted by Crippen LogP contribution is 2.38. The lowest BCUT2D eigenvalue weighted by molar-refractivity contribution is 0.0322. The van der Waals surface area contributed by atoms with Gasteiger partial charge in [0.15, 0.2) is 0 Å². The third-order valence-electron chi connectivity index (χ3n) is 8.16. The topological polar surface area (TPSA) is 111 Å². The predicted octanol–water partition coefficient (Wildman–Crippen LogP) is 6.44. The van der Waals surface area contributed by atoms with Gasteiger partial charge in [0, 0.05) is 46.3 Å². The van der Waals surface area contributed by atoms with Crippen LogP contribution in [0.1, 0.15) is 36.6 Å². The van der Waals surface area contributed by atoms with Gasteiger partial charge in [-0.25, -0.2) is 4.98 Å². The van der Waals surface area contributed by atoms with Crippen LogP contribution in [-0.4, -0.2) is 90.9 Å². The standard InChI is InChI=1S/C32H44N8O3SSi/c1-45(2,3)17-16-42-23-40(32-38-37-31(44-32)24-6-4-5-7-24)30-9-8-28-29(36-30)19-26(21-34-28)35-25-18-27(22-33-20-25)43-15-12-39-10-13-41-14-11-39/h8-9,18-22,24,35H,4-7,10-17,23H2,1-3H3. The third-order valence-corrected chi connectivity index (χ3v) is 11.0. The van der Waals surface area contributed by atoms with E-state index in [0.29, 0.717) is 25.9 Å². The number of nitrogens with one attached hydrogen (secondary N) is 1. The summed E-state index contributed by atoms with van der Waals surface area (Å²) in [4.78, 5) is 18.5. The van der Waals surface area contributed by atoms with Crippen molar-refractivity contribution in [2.24, 2.45) is 0 Å². The zero-order valence-electron chi connectivity index (χ0n) is 26.6. The van der Waals surface area contributed by atoms with Gasteiger partial charge in [-0.1, -0.05) is 43.8 Å². The highest BCUT2D eigenvalue weighted by molar-refractivity contribution is 7.15. The Bertz CT molecular complexity index is 1540. The molecule has 4 aromatic heterocycles. The molecule has 1 N–H and O–H groups in total. The molecule has 1 saturated heterocycles. The minimum Gasteiger partial charge on any atom is -0.491 e. The number of rotatable bonds is 14. The fourth-order valence-electron chi connectivity index (χ4n) is 5.49. The van der Waals surface area contributed by atoms with Crippen molar-refractivity contribution in [3.63, 3.8) is 0 Å². The van der Waals surface area contributed by atoms with E-state index in [1.807, 2.05) is 35.4 Å². The lowest BCUT2D eigenvalue weighted by Gasteiger charge is -2.26. The van der Waals surface area contributed by atoms with Gasteiger partial charge in [-0.2, -0.15) is 0 Å². The molecule has 0 spiro atoms. The van der Waals surface area contributed by atoms with E-state index in [9.17, 15) is 0 Å². The Morgan fingerprint density at radius 2 is 1.82 bits per heavy atom. The normalized spacial score (nSPS) is 16.3. The quantitative estimate of drug-likeness (QED) is 0.0927. The Hall–Kier alpha value is -3.23. The van der Waals surface area contributed by atoms with Crippen LogP contribution in [0.15, 0.2) is 42.9 Å². The number of hydrogen-bond donors (Lipinski definition) is 1. The summed E-state index contributed by atoms with van der Waals surface area (Å²) in [5, 5.41) is 14.5. The first-order chi connectivity index (χ1) is 21.9. The average Bonchev–Trinajstić information content (AvgIpc) is 3.74. The maximum Gasteiger partial charge on any atom is 0.215 e. The van der Waals surface area contributed by atoms with Crippen molar-refractivity contribution in [3.05, 3.63) is 47.9 Å². The highest BCUT2D eigenvalue weighted by Gasteiger charge is 2.24. The fourth-order valence-corrected chi connectivity index (χ4v) is 7.26. The van der Waals surface area contributed by atoms with Crippen molar-refractivity contribution in [1.29, 1.82) is 0 Å². The largest absolute Gasteiger partial charge is 0.491 e. The van der Waals surface area contributed by atoms with Crippen molar-refractivity contribution in [2.45, 2.75) is 57.3 Å². The molecule has 1 aliphatic heterocycles. The number of morpholine rings is 1. The summed E-state index contributed by atoms with van der Waals surface area (Å²) < 4.78 is 17.6. The second-order valence-corrected chi connectivity index (χ2v) is 19.6. The number of pyridine rings is 3. The maximum absolute atomic E-state index is 6.21. The number of aromatic nitrogens is 5. The molecule has 0 bridgehead atoms. The van der Waals surface area contributed by atoms with Gasteiger partial charge in [0.05, 0.1) is 54.2 Å². The van der Waals surface area contributed by atoms with E-state index in [1.165, 1.54) is 25.7 Å². The van der Waals surface area contributed by atoms with Gasteiger partial charge in [-0.3, -0.25) is 19.8 Å². The van der Waals surface area contributed by atoms with Crippen LogP contribution in [-0.2, 0) is 9.47 Å². The van der Waals surface area contributed by atoms with Crippen molar-refractivity contribution in [2.75, 3.05) is 63.0 Å². The van der Waals surface area contributed by atoms with E-state index in [4.69, 9.17) is 19.2 Å². The molecule has 0 atom stereocenters. The summed E-state index contributed by atoms with van der Waals surface area (Å²) in [7, 11) is -1.21. The lowest BCUT2D eigenvalue weighted by atomic mass is 10.1. The molecule has 45 heavy (non-hydrogen) atoms. The minimum absolute atomic E-state index is 0.373. The Labute approximate surface area is 270 Å². The van der Waals surface area contributed by atoms with Crippen molar-refractivity contribution in [3.8, 4) is 5.75 Å². The Kier molecular flexibility index (Phi) is 10.5. The summed E-state index contributed by atoms with van der Waals surface area (Å²) in [5.74, 6) is 2.00. The molecule has 5 heterocycles. The van der Waals surface area contributed by atoms with E-state index in [2.05, 4.69) is 50.0 Å². The van der Waals surface area contributed by atoms with Crippen LogP contribution in [0, 0.1) is 0 Å². The van der Waals surface area contributed by atoms with E-state index in [-0.39, 0.29) is 0 Å². The van der Waals surface area contributed by atoms with E-state index in [0.717, 1.165) is 83.0 Å². The molecular formula is C32H44N8O3SSi. The summed E-state index contributed by atoms with van der Waals surface area (Å²) in [6.07, 6.45) is 10.2. The van der Waals surface area contributed by atoms with Crippen LogP contribution in [0.5, 0.6) is 5.75 Å². The third kappa shape index (κ3) is 8.94. The van der Waals surface area contributed by atoms with Gasteiger partial charge in [0.1, 0.15) is 29.9 Å². The summed E-state index contributed by atoms with van der Waals surface area (Å²) in [5.41, 5.74) is 3.22. The SMILES string of the molecule is C[Si](C)(C)CCOCN(c1ccc2ncc(Nc3cncc(OCCN4CCOCC4)c3)cc2n1)c1nnc(C2CCCC2)s1. The van der Waals surface area contributed by atoms with Gasteiger partial charge in [-0.15, -0.1) is 10.2 Å². The van der Waals surface area contributed by atoms with Gasteiger partial charge < -0.3 is 19.5 Å². The molecule has 13 heteroatoms. The zero-order chi connectivity index (χ0) is 31.1. The Morgan fingerprint density at radius 3 is 2.64 bits per heavy atom. The second-order valence-electron chi connectivity index (χ2n) is 12.9. The molecule has 4 aromatic rings. The summed E-state index contributed by atoms with van der Waals surface area (Å²) in [6.45, 7) is 13.1. The lowest BCUT2D eigenvalue weighted by Crippen LogP contribution is -2.38. The van der Waals surface area contributed by atoms with E-state index < -0.39 is 8.07 Å². The molecule has 6 rings (SSSR count). The minimum atomic E-state index is -1.21. The molecule has 2 fully saturated rings. The molecule has 1 saturated carbocycles. The smallest absolute Gasteiger partial charge is 0.215 e. The van der Waals surface area contributed by atoms with Crippen LogP contribution in [0.4, 0.5) is 22.3 Å². The van der Waals surface area contributed by atoms with Gasteiger partial charge in [0.25, 0.3) is 0 Å². The molecule has 1 aliphatic carbocycles. The molecular weight excluding hydrogens is 605 g/mol. The Morgan fingerprint density at radius 1 is 1.00 bits per heavy atom. The van der Waals surface area contributed by atoms with Crippen molar-refractivity contribution in [1.82, 2.24) is 30.0 Å². The number of ether oxygens (including phenoxy) is 3. The average molecular weight is 649 g/mol. The van der Waals surface area contributed by atoms with Crippen LogP contribution >= 0.6 is 11.3 Å². The van der Waals surface area contributed by atoms with Crippen LogP contribution in [0.2, 0.25) is 25.7 Å². The maximum atomic E-state index is 6.21. The highest BCUT2D eigenvalue weighted by atomic mass is 32.1. The molecule has 0 unspecified atom stereocenters. The first-order valence-electron chi connectivity index (χ1n) is 16.0. The molecule has 11 nitrogen and oxygen atoms in total. The monoisotopic (exact) mass is 648 g/mol. The molecule has 0 amide bonds. The van der Waals surface area contributed by atoms with Gasteiger partial charge in [-0.05, 0) is 37.1 Å². The predicted molar refractivity (Wildman–Crippen MR) is 182 cm³/mol. The number of fused-ring (bicyclic) bond motifs is 1. The number of hydrogen-bond acceptors (Lipinski definition) is 12. The summed E-state index contributed by atoms with van der Waals surface area (Å²) in [6, 6.07) is 9.05.